The van der Waals surface area contributed by atoms with Crippen molar-refractivity contribution in [3.05, 3.63) is 167 Å². The van der Waals surface area contributed by atoms with E-state index in [1.54, 1.807) is 0 Å². The van der Waals surface area contributed by atoms with Gasteiger partial charge in [0.15, 0.2) is 0 Å². The molecule has 0 spiro atoms. The number of hydrogen-bond donors (Lipinski definition) is 0. The van der Waals surface area contributed by atoms with Crippen LogP contribution in [0.3, 0.4) is 0 Å². The Balaban J connectivity index is 1.40. The molecule has 224 valence electrons. The third-order valence-electron chi connectivity index (χ3n) is 8.58. The van der Waals surface area contributed by atoms with E-state index >= 15 is 0 Å². The minimum atomic E-state index is 1.01. The standard InChI is InChI=1S/C43H42N2/c1-7-35-15-11-19-39(29-35)45(38-18-10-14-32(4)26-38)41-21-23-43(34(6)28-41)42-22-20-40(27-33(42)5)44(36-16-8-12-30(2)24-36)37-17-9-13-31(3)25-37/h8-29H,7H2,1-6H3. The monoisotopic (exact) mass is 586 g/mol. The van der Waals surface area contributed by atoms with Gasteiger partial charge in [-0.2, -0.15) is 0 Å². The van der Waals surface area contributed by atoms with E-state index < -0.39 is 0 Å². The number of aryl methyl sites for hydroxylation is 6. The smallest absolute Gasteiger partial charge is 0.0464 e. The molecule has 0 bridgehead atoms. The van der Waals surface area contributed by atoms with Crippen LogP contribution >= 0.6 is 0 Å². The summed E-state index contributed by atoms with van der Waals surface area (Å²) in [6.45, 7) is 13.1. The van der Waals surface area contributed by atoms with E-state index in [4.69, 9.17) is 0 Å². The summed E-state index contributed by atoms with van der Waals surface area (Å²) in [7, 11) is 0. The Morgan fingerprint density at radius 1 is 0.378 bits per heavy atom. The number of benzene rings is 6. The van der Waals surface area contributed by atoms with Crippen molar-refractivity contribution in [3.8, 4) is 11.1 Å². The second-order valence-electron chi connectivity index (χ2n) is 12.2. The van der Waals surface area contributed by atoms with Crippen molar-refractivity contribution >= 4 is 34.1 Å². The molecule has 0 heterocycles. The zero-order valence-electron chi connectivity index (χ0n) is 27.3. The summed E-state index contributed by atoms with van der Waals surface area (Å²) in [4.78, 5) is 4.73. The highest BCUT2D eigenvalue weighted by molar-refractivity contribution is 5.83. The lowest BCUT2D eigenvalue weighted by molar-refractivity contribution is 1.13. The SMILES string of the molecule is CCc1cccc(N(c2cccc(C)c2)c2ccc(-c3ccc(N(c4cccc(C)c4)c4cccc(C)c4)cc3C)c(C)c2)c1. The molecule has 0 aliphatic heterocycles. The molecule has 0 atom stereocenters. The van der Waals surface area contributed by atoms with Crippen molar-refractivity contribution in [3.63, 3.8) is 0 Å². The van der Waals surface area contributed by atoms with Crippen molar-refractivity contribution in [2.75, 3.05) is 9.80 Å². The number of rotatable bonds is 8. The number of anilines is 6. The van der Waals surface area contributed by atoms with E-state index in [1.165, 1.54) is 55.9 Å². The highest BCUT2D eigenvalue weighted by atomic mass is 15.1. The molecule has 6 rings (SSSR count). The van der Waals surface area contributed by atoms with Crippen molar-refractivity contribution in [2.45, 2.75) is 48.0 Å². The van der Waals surface area contributed by atoms with Crippen molar-refractivity contribution in [2.24, 2.45) is 0 Å². The summed E-state index contributed by atoms with van der Waals surface area (Å²) < 4.78 is 0. The van der Waals surface area contributed by atoms with E-state index in [1.807, 2.05) is 0 Å². The first kappa shape index (κ1) is 30.0. The van der Waals surface area contributed by atoms with Gasteiger partial charge in [-0.25, -0.2) is 0 Å². The van der Waals surface area contributed by atoms with Gasteiger partial charge >= 0.3 is 0 Å². The first-order chi connectivity index (χ1) is 21.8. The molecule has 0 amide bonds. The molecule has 0 aromatic heterocycles. The quantitative estimate of drug-likeness (QED) is 0.175. The van der Waals surface area contributed by atoms with Crippen LogP contribution in [0.2, 0.25) is 0 Å². The van der Waals surface area contributed by atoms with Gasteiger partial charge in [0, 0.05) is 34.1 Å². The van der Waals surface area contributed by atoms with Crippen LogP contribution in [0.15, 0.2) is 133 Å². The Morgan fingerprint density at radius 2 is 0.733 bits per heavy atom. The summed E-state index contributed by atoms with van der Waals surface area (Å²) in [5.74, 6) is 0. The third kappa shape index (κ3) is 6.42. The topological polar surface area (TPSA) is 6.48 Å². The summed E-state index contributed by atoms with van der Waals surface area (Å²) in [6, 6.07) is 48.9. The van der Waals surface area contributed by atoms with Crippen molar-refractivity contribution in [1.29, 1.82) is 0 Å². The highest BCUT2D eigenvalue weighted by Crippen LogP contribution is 2.40. The van der Waals surface area contributed by atoms with Crippen LogP contribution < -0.4 is 9.80 Å². The summed E-state index contributed by atoms with van der Waals surface area (Å²) in [6.07, 6.45) is 1.01. The van der Waals surface area contributed by atoms with Gasteiger partial charge in [-0.15, -0.1) is 0 Å². The van der Waals surface area contributed by atoms with Crippen molar-refractivity contribution < 1.29 is 0 Å². The number of hydrogen-bond acceptors (Lipinski definition) is 2. The summed E-state index contributed by atoms with van der Waals surface area (Å²) in [5, 5.41) is 0. The zero-order valence-corrected chi connectivity index (χ0v) is 27.3. The van der Waals surface area contributed by atoms with Crippen LogP contribution in [0, 0.1) is 34.6 Å². The first-order valence-corrected chi connectivity index (χ1v) is 15.9. The lowest BCUT2D eigenvalue weighted by Crippen LogP contribution is -2.11. The van der Waals surface area contributed by atoms with E-state index in [0.29, 0.717) is 0 Å². The molecule has 0 radical (unpaired) electrons. The Labute approximate surface area is 269 Å². The van der Waals surface area contributed by atoms with Gasteiger partial charge in [0.05, 0.1) is 0 Å². The normalized spacial score (nSPS) is 11.0. The van der Waals surface area contributed by atoms with Gasteiger partial charge < -0.3 is 9.80 Å². The van der Waals surface area contributed by atoms with E-state index in [0.717, 1.165) is 29.2 Å². The first-order valence-electron chi connectivity index (χ1n) is 15.9. The summed E-state index contributed by atoms with van der Waals surface area (Å²) in [5.41, 5.74) is 17.1. The van der Waals surface area contributed by atoms with Gasteiger partial charge in [0.25, 0.3) is 0 Å². The molecule has 2 heteroatoms. The van der Waals surface area contributed by atoms with Gasteiger partial charge in [-0.05, 0) is 158 Å². The molecule has 45 heavy (non-hydrogen) atoms. The average molecular weight is 587 g/mol. The Kier molecular flexibility index (Phi) is 8.58. The second kappa shape index (κ2) is 12.9. The molecule has 0 fully saturated rings. The lowest BCUT2D eigenvalue weighted by atomic mass is 9.95. The van der Waals surface area contributed by atoms with Crippen LogP contribution in [0.5, 0.6) is 0 Å². The van der Waals surface area contributed by atoms with E-state index in [2.05, 4.69) is 185 Å². The minimum absolute atomic E-state index is 1.01. The molecule has 0 aliphatic rings. The molecule has 6 aromatic rings. The largest absolute Gasteiger partial charge is 0.310 e. The van der Waals surface area contributed by atoms with Gasteiger partial charge in [-0.3, -0.25) is 0 Å². The Morgan fingerprint density at radius 3 is 1.09 bits per heavy atom. The fourth-order valence-electron chi connectivity index (χ4n) is 6.29. The minimum Gasteiger partial charge on any atom is -0.310 e. The van der Waals surface area contributed by atoms with E-state index in [-0.39, 0.29) is 0 Å². The molecule has 6 aromatic carbocycles. The van der Waals surface area contributed by atoms with Crippen LogP contribution in [0.1, 0.15) is 40.3 Å². The van der Waals surface area contributed by atoms with Crippen LogP contribution in [-0.2, 0) is 6.42 Å². The van der Waals surface area contributed by atoms with E-state index in [9.17, 15) is 0 Å². The molecule has 0 N–H and O–H groups in total. The summed E-state index contributed by atoms with van der Waals surface area (Å²) >= 11 is 0. The second-order valence-corrected chi connectivity index (χ2v) is 12.2. The van der Waals surface area contributed by atoms with Gasteiger partial charge in [-0.1, -0.05) is 67.6 Å². The Bertz CT molecular complexity index is 1920. The van der Waals surface area contributed by atoms with Gasteiger partial charge in [0.2, 0.25) is 0 Å². The molecular formula is C43H42N2. The molecule has 0 saturated heterocycles. The molecule has 0 aliphatic carbocycles. The molecular weight excluding hydrogens is 544 g/mol. The lowest BCUT2D eigenvalue weighted by Gasteiger charge is -2.28. The molecule has 0 saturated carbocycles. The maximum Gasteiger partial charge on any atom is 0.0464 e. The Hall–Kier alpha value is -5.08. The fourth-order valence-corrected chi connectivity index (χ4v) is 6.29. The maximum atomic E-state index is 2.38. The number of nitrogens with zero attached hydrogens (tertiary/aromatic N) is 2. The average Bonchev–Trinajstić information content (AvgIpc) is 3.02. The predicted octanol–water partition coefficient (Wildman–Crippen LogP) is 12.4. The van der Waals surface area contributed by atoms with Crippen molar-refractivity contribution in [1.82, 2.24) is 0 Å². The van der Waals surface area contributed by atoms with Crippen LogP contribution in [0.25, 0.3) is 11.1 Å². The van der Waals surface area contributed by atoms with Gasteiger partial charge in [0.1, 0.15) is 0 Å². The fraction of sp³-hybridized carbons (Fsp3) is 0.163. The highest BCUT2D eigenvalue weighted by Gasteiger charge is 2.17. The zero-order chi connectivity index (χ0) is 31.5. The predicted molar refractivity (Wildman–Crippen MR) is 194 cm³/mol. The third-order valence-corrected chi connectivity index (χ3v) is 8.58. The maximum absolute atomic E-state index is 2.38. The molecule has 2 nitrogen and oxygen atoms in total. The molecule has 0 unspecified atom stereocenters. The van der Waals surface area contributed by atoms with Crippen LogP contribution in [-0.4, -0.2) is 0 Å². The van der Waals surface area contributed by atoms with Crippen LogP contribution in [0.4, 0.5) is 34.1 Å².